The molecule has 2 aliphatic heterocycles. The van der Waals surface area contributed by atoms with Crippen LogP contribution in [0, 0.1) is 0 Å². The van der Waals surface area contributed by atoms with E-state index in [0.717, 1.165) is 6.42 Å². The van der Waals surface area contributed by atoms with Crippen LogP contribution in [-0.4, -0.2) is 46.9 Å². The summed E-state index contributed by atoms with van der Waals surface area (Å²) in [5, 5.41) is 22.8. The Morgan fingerprint density at radius 1 is 1.42 bits per heavy atom. The molecule has 1 aromatic rings. The van der Waals surface area contributed by atoms with Crippen molar-refractivity contribution in [2.75, 3.05) is 19.0 Å². The standard InChI is InChI=1S/C13H16N2O4/c1-19-11-4-8-9(5-10(11)16)14-6-7-2-3-12(17)15(7)13(8)18/h4-5,7,12,14,16-17H,2-3,6H2,1H3/t7?,12-/m1/s1. The van der Waals surface area contributed by atoms with Gasteiger partial charge < -0.3 is 25.2 Å². The third kappa shape index (κ3) is 1.79. The molecule has 1 unspecified atom stereocenters. The fraction of sp³-hybridized carbons (Fsp3) is 0.462. The van der Waals surface area contributed by atoms with Crippen molar-refractivity contribution in [3.63, 3.8) is 0 Å². The number of rotatable bonds is 1. The van der Waals surface area contributed by atoms with Gasteiger partial charge in [-0.15, -0.1) is 0 Å². The summed E-state index contributed by atoms with van der Waals surface area (Å²) >= 11 is 0. The maximum absolute atomic E-state index is 12.5. The van der Waals surface area contributed by atoms with Crippen LogP contribution < -0.4 is 10.1 Å². The average molecular weight is 264 g/mol. The topological polar surface area (TPSA) is 82.0 Å². The Morgan fingerprint density at radius 3 is 2.95 bits per heavy atom. The number of nitrogens with zero attached hydrogens (tertiary/aromatic N) is 1. The summed E-state index contributed by atoms with van der Waals surface area (Å²) in [6.07, 6.45) is 0.643. The summed E-state index contributed by atoms with van der Waals surface area (Å²) < 4.78 is 5.03. The molecule has 19 heavy (non-hydrogen) atoms. The number of carbonyl (C=O) groups is 1. The summed E-state index contributed by atoms with van der Waals surface area (Å²) in [4.78, 5) is 14.0. The molecule has 0 bridgehead atoms. The molecule has 0 radical (unpaired) electrons. The number of benzene rings is 1. The van der Waals surface area contributed by atoms with E-state index < -0.39 is 6.23 Å². The summed E-state index contributed by atoms with van der Waals surface area (Å²) in [5.74, 6) is 0.0125. The van der Waals surface area contributed by atoms with Gasteiger partial charge in [0.2, 0.25) is 0 Å². The largest absolute Gasteiger partial charge is 0.504 e. The van der Waals surface area contributed by atoms with E-state index in [1.165, 1.54) is 24.1 Å². The quantitative estimate of drug-likeness (QED) is 0.697. The van der Waals surface area contributed by atoms with Gasteiger partial charge in [-0.1, -0.05) is 0 Å². The van der Waals surface area contributed by atoms with Gasteiger partial charge in [0.1, 0.15) is 6.23 Å². The van der Waals surface area contributed by atoms with Gasteiger partial charge in [0, 0.05) is 12.6 Å². The van der Waals surface area contributed by atoms with E-state index in [2.05, 4.69) is 5.32 Å². The fourth-order valence-electron chi connectivity index (χ4n) is 2.79. The van der Waals surface area contributed by atoms with E-state index in [1.807, 2.05) is 0 Å². The SMILES string of the molecule is COc1cc2c(cc1O)NCC1CC[C@@H](O)N1C2=O. The molecule has 6 nitrogen and oxygen atoms in total. The maximum atomic E-state index is 12.5. The van der Waals surface area contributed by atoms with Crippen LogP contribution >= 0.6 is 0 Å². The number of hydrogen-bond acceptors (Lipinski definition) is 5. The van der Waals surface area contributed by atoms with Crippen molar-refractivity contribution >= 4 is 11.6 Å². The zero-order valence-corrected chi connectivity index (χ0v) is 10.6. The van der Waals surface area contributed by atoms with Gasteiger partial charge in [-0.3, -0.25) is 4.79 Å². The van der Waals surface area contributed by atoms with E-state index >= 15 is 0 Å². The smallest absolute Gasteiger partial charge is 0.258 e. The normalized spacial score (nSPS) is 25.4. The van der Waals surface area contributed by atoms with E-state index in [9.17, 15) is 15.0 Å². The second kappa shape index (κ2) is 4.31. The van der Waals surface area contributed by atoms with Gasteiger partial charge >= 0.3 is 0 Å². The van der Waals surface area contributed by atoms with Gasteiger partial charge in [0.15, 0.2) is 11.5 Å². The molecule has 0 spiro atoms. The lowest BCUT2D eigenvalue weighted by molar-refractivity contribution is 0.0190. The Bertz CT molecular complexity index is 532. The van der Waals surface area contributed by atoms with Crippen LogP contribution in [0.2, 0.25) is 0 Å². The van der Waals surface area contributed by atoms with E-state index in [4.69, 9.17) is 4.74 Å². The fourth-order valence-corrected chi connectivity index (χ4v) is 2.79. The van der Waals surface area contributed by atoms with E-state index in [-0.39, 0.29) is 23.4 Å². The number of fused-ring (bicyclic) bond motifs is 2. The highest BCUT2D eigenvalue weighted by Crippen LogP contribution is 2.37. The molecule has 0 aromatic heterocycles. The maximum Gasteiger partial charge on any atom is 0.258 e. The van der Waals surface area contributed by atoms with Gasteiger partial charge in [0.25, 0.3) is 5.91 Å². The Morgan fingerprint density at radius 2 is 2.21 bits per heavy atom. The number of amides is 1. The third-order valence-corrected chi connectivity index (χ3v) is 3.78. The Hall–Kier alpha value is -1.95. The first-order valence-electron chi connectivity index (χ1n) is 6.27. The molecule has 2 heterocycles. The number of phenols is 1. The second-order valence-corrected chi connectivity index (χ2v) is 4.87. The van der Waals surface area contributed by atoms with Crippen LogP contribution in [0.25, 0.3) is 0 Å². The van der Waals surface area contributed by atoms with Crippen molar-refractivity contribution in [2.24, 2.45) is 0 Å². The molecule has 6 heteroatoms. The molecule has 0 saturated carbocycles. The molecule has 1 fully saturated rings. The molecule has 1 saturated heterocycles. The predicted octanol–water partition coefficient (Wildman–Crippen LogP) is 0.749. The number of nitrogens with one attached hydrogen (secondary N) is 1. The zero-order chi connectivity index (χ0) is 13.6. The number of carbonyl (C=O) groups excluding carboxylic acids is 1. The predicted molar refractivity (Wildman–Crippen MR) is 68.3 cm³/mol. The van der Waals surface area contributed by atoms with Crippen LogP contribution in [0.4, 0.5) is 5.69 Å². The van der Waals surface area contributed by atoms with Crippen LogP contribution in [0.1, 0.15) is 23.2 Å². The molecule has 3 rings (SSSR count). The zero-order valence-electron chi connectivity index (χ0n) is 10.6. The third-order valence-electron chi connectivity index (χ3n) is 3.78. The first kappa shape index (κ1) is 12.1. The minimum atomic E-state index is -0.731. The van der Waals surface area contributed by atoms with Gasteiger partial charge in [0.05, 0.1) is 24.4 Å². The Kier molecular flexibility index (Phi) is 2.74. The van der Waals surface area contributed by atoms with Crippen molar-refractivity contribution in [3.8, 4) is 11.5 Å². The first-order chi connectivity index (χ1) is 9.11. The number of phenolic OH excluding ortho intramolecular Hbond substituents is 1. The molecule has 2 atom stereocenters. The molecule has 1 amide bonds. The lowest BCUT2D eigenvalue weighted by Crippen LogP contribution is -2.42. The number of methoxy groups -OCH3 is 1. The number of aliphatic hydroxyl groups excluding tert-OH is 1. The summed E-state index contributed by atoms with van der Waals surface area (Å²) in [6, 6.07) is 2.98. The van der Waals surface area contributed by atoms with Crippen molar-refractivity contribution in [1.29, 1.82) is 0 Å². The molecular weight excluding hydrogens is 248 g/mol. The highest BCUT2D eigenvalue weighted by atomic mass is 16.5. The molecule has 102 valence electrons. The minimum absolute atomic E-state index is 0.0100. The van der Waals surface area contributed by atoms with Crippen LogP contribution in [0.15, 0.2) is 12.1 Å². The van der Waals surface area contributed by atoms with Crippen LogP contribution in [0.3, 0.4) is 0 Å². The van der Waals surface area contributed by atoms with Crippen molar-refractivity contribution in [3.05, 3.63) is 17.7 Å². The monoisotopic (exact) mass is 264 g/mol. The highest BCUT2D eigenvalue weighted by molar-refractivity contribution is 6.01. The minimum Gasteiger partial charge on any atom is -0.504 e. The second-order valence-electron chi connectivity index (χ2n) is 4.87. The molecular formula is C13H16N2O4. The van der Waals surface area contributed by atoms with Crippen LogP contribution in [-0.2, 0) is 0 Å². The van der Waals surface area contributed by atoms with Crippen molar-refractivity contribution in [2.45, 2.75) is 25.1 Å². The number of aromatic hydroxyl groups is 1. The van der Waals surface area contributed by atoms with Crippen molar-refractivity contribution in [1.82, 2.24) is 4.90 Å². The van der Waals surface area contributed by atoms with Gasteiger partial charge in [-0.25, -0.2) is 0 Å². The Labute approximate surface area is 110 Å². The lowest BCUT2D eigenvalue weighted by Gasteiger charge is -2.25. The van der Waals surface area contributed by atoms with Crippen LogP contribution in [0.5, 0.6) is 11.5 Å². The number of aliphatic hydroxyl groups is 1. The number of ether oxygens (including phenoxy) is 1. The first-order valence-corrected chi connectivity index (χ1v) is 6.27. The van der Waals surface area contributed by atoms with Gasteiger partial charge in [-0.2, -0.15) is 0 Å². The molecule has 1 aromatic carbocycles. The highest BCUT2D eigenvalue weighted by Gasteiger charge is 2.39. The molecule has 3 N–H and O–H groups in total. The summed E-state index contributed by atoms with van der Waals surface area (Å²) in [6.45, 7) is 0.571. The number of hydrogen-bond donors (Lipinski definition) is 3. The number of anilines is 1. The average Bonchev–Trinajstić information content (AvgIpc) is 2.70. The molecule has 2 aliphatic rings. The summed E-state index contributed by atoms with van der Waals surface area (Å²) in [5.41, 5.74) is 0.989. The lowest BCUT2D eigenvalue weighted by atomic mass is 10.1. The van der Waals surface area contributed by atoms with E-state index in [1.54, 1.807) is 0 Å². The molecule has 0 aliphatic carbocycles. The summed E-state index contributed by atoms with van der Waals surface area (Å²) in [7, 11) is 1.43. The van der Waals surface area contributed by atoms with Crippen molar-refractivity contribution < 1.29 is 19.7 Å². The van der Waals surface area contributed by atoms with Gasteiger partial charge in [-0.05, 0) is 18.9 Å². The Balaban J connectivity index is 2.07. The van der Waals surface area contributed by atoms with E-state index in [0.29, 0.717) is 24.2 Å².